The van der Waals surface area contributed by atoms with Crippen LogP contribution in [-0.4, -0.2) is 21.9 Å². The van der Waals surface area contributed by atoms with Gasteiger partial charge in [-0.25, -0.2) is 0 Å². The molecule has 0 radical (unpaired) electrons. The summed E-state index contributed by atoms with van der Waals surface area (Å²) >= 11 is 0. The van der Waals surface area contributed by atoms with Crippen molar-refractivity contribution in [2.75, 3.05) is 0 Å². The van der Waals surface area contributed by atoms with Crippen LogP contribution in [0, 0.1) is 6.92 Å². The van der Waals surface area contributed by atoms with E-state index in [-0.39, 0.29) is 11.9 Å². The topological polar surface area (TPSA) is 54.9 Å². The summed E-state index contributed by atoms with van der Waals surface area (Å²) < 4.78 is 0. The average Bonchev–Trinajstić information content (AvgIpc) is 2.61. The van der Waals surface area contributed by atoms with Gasteiger partial charge in [0.15, 0.2) is 0 Å². The minimum Gasteiger partial charge on any atom is -0.349 e. The van der Waals surface area contributed by atoms with E-state index in [1.165, 1.54) is 5.56 Å². The lowest BCUT2D eigenvalue weighted by molar-refractivity contribution is 0.0941. The number of benzene rings is 1. The standard InChI is InChI=1S/C21H23N3O/c1-4-16-7-8-20-18(12-16)19(11-15(3)23-20)21(25)24-14(2)10-17-6-5-9-22-13-17/h5-9,11-14H,4,10H2,1-3H3,(H,24,25). The second-order valence-electron chi connectivity index (χ2n) is 6.46. The van der Waals surface area contributed by atoms with Gasteiger partial charge in [-0.05, 0) is 62.1 Å². The molecule has 0 saturated heterocycles. The van der Waals surface area contributed by atoms with Crippen LogP contribution >= 0.6 is 0 Å². The molecule has 1 unspecified atom stereocenters. The molecule has 3 aromatic rings. The molecule has 1 N–H and O–H groups in total. The van der Waals surface area contributed by atoms with E-state index in [9.17, 15) is 4.79 Å². The molecule has 2 heterocycles. The number of carbonyl (C=O) groups excluding carboxylic acids is 1. The molecule has 1 atom stereocenters. The molecule has 1 aromatic carbocycles. The molecule has 0 saturated carbocycles. The molecule has 1 amide bonds. The van der Waals surface area contributed by atoms with Crippen molar-refractivity contribution in [2.45, 2.75) is 39.7 Å². The minimum atomic E-state index is -0.0554. The maximum absolute atomic E-state index is 12.9. The van der Waals surface area contributed by atoms with Gasteiger partial charge >= 0.3 is 0 Å². The van der Waals surface area contributed by atoms with Crippen LogP contribution in [0.5, 0.6) is 0 Å². The lowest BCUT2D eigenvalue weighted by Crippen LogP contribution is -2.34. The molecule has 0 aliphatic heterocycles. The Labute approximate surface area is 148 Å². The average molecular weight is 333 g/mol. The van der Waals surface area contributed by atoms with E-state index in [0.29, 0.717) is 5.56 Å². The maximum Gasteiger partial charge on any atom is 0.252 e. The molecule has 0 aliphatic carbocycles. The quantitative estimate of drug-likeness (QED) is 0.771. The second-order valence-corrected chi connectivity index (χ2v) is 6.46. The maximum atomic E-state index is 12.9. The van der Waals surface area contributed by atoms with Crippen molar-refractivity contribution in [3.05, 3.63) is 71.2 Å². The lowest BCUT2D eigenvalue weighted by Gasteiger charge is -2.15. The molecule has 0 fully saturated rings. The number of carbonyl (C=O) groups is 1. The van der Waals surface area contributed by atoms with Gasteiger partial charge in [0, 0.05) is 29.5 Å². The predicted octanol–water partition coefficient (Wildman–Crippen LogP) is 3.86. The molecular weight excluding hydrogens is 310 g/mol. The Morgan fingerprint density at radius 2 is 2.04 bits per heavy atom. The van der Waals surface area contributed by atoms with E-state index >= 15 is 0 Å². The highest BCUT2D eigenvalue weighted by atomic mass is 16.1. The summed E-state index contributed by atoms with van der Waals surface area (Å²) in [5.74, 6) is -0.0554. The van der Waals surface area contributed by atoms with Gasteiger partial charge in [-0.15, -0.1) is 0 Å². The van der Waals surface area contributed by atoms with Crippen molar-refractivity contribution < 1.29 is 4.79 Å². The van der Waals surface area contributed by atoms with Crippen molar-refractivity contribution in [3.8, 4) is 0 Å². The van der Waals surface area contributed by atoms with Crippen molar-refractivity contribution in [2.24, 2.45) is 0 Å². The Kier molecular flexibility index (Phi) is 5.08. The van der Waals surface area contributed by atoms with Crippen molar-refractivity contribution in [1.29, 1.82) is 0 Å². The highest BCUT2D eigenvalue weighted by Crippen LogP contribution is 2.21. The molecule has 3 rings (SSSR count). The second kappa shape index (κ2) is 7.43. The van der Waals surface area contributed by atoms with E-state index < -0.39 is 0 Å². The molecular formula is C21H23N3O. The van der Waals surface area contributed by atoms with Crippen LogP contribution < -0.4 is 5.32 Å². The highest BCUT2D eigenvalue weighted by Gasteiger charge is 2.15. The molecule has 4 nitrogen and oxygen atoms in total. The Hall–Kier alpha value is -2.75. The Balaban J connectivity index is 1.86. The Bertz CT molecular complexity index is 890. The summed E-state index contributed by atoms with van der Waals surface area (Å²) in [5.41, 5.74) is 4.72. The van der Waals surface area contributed by atoms with Crippen LogP contribution in [0.2, 0.25) is 0 Å². The van der Waals surface area contributed by atoms with Gasteiger partial charge in [-0.2, -0.15) is 0 Å². The number of rotatable bonds is 5. The van der Waals surface area contributed by atoms with Gasteiger partial charge in [0.2, 0.25) is 0 Å². The molecule has 128 valence electrons. The van der Waals surface area contributed by atoms with E-state index in [0.717, 1.165) is 35.0 Å². The first-order valence-electron chi connectivity index (χ1n) is 8.67. The summed E-state index contributed by atoms with van der Waals surface area (Å²) in [6.07, 6.45) is 5.27. The van der Waals surface area contributed by atoms with Gasteiger partial charge in [-0.1, -0.05) is 19.1 Å². The summed E-state index contributed by atoms with van der Waals surface area (Å²) in [4.78, 5) is 21.5. The fourth-order valence-electron chi connectivity index (χ4n) is 3.04. The number of hydrogen-bond donors (Lipinski definition) is 1. The summed E-state index contributed by atoms with van der Waals surface area (Å²) in [6.45, 7) is 6.04. The van der Waals surface area contributed by atoms with E-state index in [1.807, 2.05) is 44.3 Å². The van der Waals surface area contributed by atoms with Gasteiger partial charge in [0.05, 0.1) is 11.1 Å². The largest absolute Gasteiger partial charge is 0.349 e. The van der Waals surface area contributed by atoms with Gasteiger partial charge in [0.25, 0.3) is 5.91 Å². The van der Waals surface area contributed by atoms with Crippen molar-refractivity contribution in [3.63, 3.8) is 0 Å². The number of fused-ring (bicyclic) bond motifs is 1. The SMILES string of the molecule is CCc1ccc2nc(C)cc(C(=O)NC(C)Cc3cccnc3)c2c1. The monoisotopic (exact) mass is 333 g/mol. The first kappa shape index (κ1) is 17.1. The van der Waals surface area contributed by atoms with Crippen LogP contribution in [0.3, 0.4) is 0 Å². The fraction of sp³-hybridized carbons (Fsp3) is 0.286. The van der Waals surface area contributed by atoms with Crippen LogP contribution in [0.15, 0.2) is 48.8 Å². The number of aryl methyl sites for hydroxylation is 2. The smallest absolute Gasteiger partial charge is 0.252 e. The number of nitrogens with zero attached hydrogens (tertiary/aromatic N) is 2. The minimum absolute atomic E-state index is 0.0228. The Morgan fingerprint density at radius 3 is 2.76 bits per heavy atom. The summed E-state index contributed by atoms with van der Waals surface area (Å²) in [6, 6.07) is 12.0. The van der Waals surface area contributed by atoms with Crippen LogP contribution in [0.1, 0.15) is 41.0 Å². The van der Waals surface area contributed by atoms with Crippen LogP contribution in [0.25, 0.3) is 10.9 Å². The van der Waals surface area contributed by atoms with Gasteiger partial charge in [0.1, 0.15) is 0 Å². The molecule has 0 spiro atoms. The zero-order chi connectivity index (χ0) is 17.8. The Morgan fingerprint density at radius 1 is 1.20 bits per heavy atom. The van der Waals surface area contributed by atoms with E-state index in [1.54, 1.807) is 6.20 Å². The fourth-order valence-corrected chi connectivity index (χ4v) is 3.04. The third-order valence-electron chi connectivity index (χ3n) is 4.30. The third kappa shape index (κ3) is 4.02. The number of hydrogen-bond acceptors (Lipinski definition) is 3. The van der Waals surface area contributed by atoms with E-state index in [4.69, 9.17) is 0 Å². The van der Waals surface area contributed by atoms with E-state index in [2.05, 4.69) is 34.3 Å². The number of amides is 1. The highest BCUT2D eigenvalue weighted by molar-refractivity contribution is 6.06. The van der Waals surface area contributed by atoms with Crippen LogP contribution in [0.4, 0.5) is 0 Å². The summed E-state index contributed by atoms with van der Waals surface area (Å²) in [5, 5.41) is 4.02. The van der Waals surface area contributed by atoms with Gasteiger partial charge in [-0.3, -0.25) is 14.8 Å². The third-order valence-corrected chi connectivity index (χ3v) is 4.30. The summed E-state index contributed by atoms with van der Waals surface area (Å²) in [7, 11) is 0. The van der Waals surface area contributed by atoms with Crippen molar-refractivity contribution in [1.82, 2.24) is 15.3 Å². The molecule has 2 aromatic heterocycles. The van der Waals surface area contributed by atoms with Crippen molar-refractivity contribution >= 4 is 16.8 Å². The predicted molar refractivity (Wildman–Crippen MR) is 101 cm³/mol. The molecule has 0 bridgehead atoms. The lowest BCUT2D eigenvalue weighted by atomic mass is 10.0. The normalized spacial score (nSPS) is 12.1. The molecule has 0 aliphatic rings. The first-order valence-corrected chi connectivity index (χ1v) is 8.67. The zero-order valence-electron chi connectivity index (χ0n) is 14.9. The number of pyridine rings is 2. The first-order chi connectivity index (χ1) is 12.1. The zero-order valence-corrected chi connectivity index (χ0v) is 14.9. The molecule has 4 heteroatoms. The number of nitrogens with one attached hydrogen (secondary N) is 1. The van der Waals surface area contributed by atoms with Gasteiger partial charge < -0.3 is 5.32 Å². The molecule has 25 heavy (non-hydrogen) atoms. The number of aromatic nitrogens is 2. The van der Waals surface area contributed by atoms with Crippen LogP contribution in [-0.2, 0) is 12.8 Å².